The van der Waals surface area contributed by atoms with Gasteiger partial charge in [-0.2, -0.15) is 5.26 Å². The standard InChI is InChI=1S/C10H14N2O3/c1-2-15-10(14)8-3-5-12(6-4-11)9(13)7-8/h8H,2-3,5-7H2,1H3/t8-/m1/s1. The molecule has 0 aromatic heterocycles. The second kappa shape index (κ2) is 5.35. The van der Waals surface area contributed by atoms with Crippen molar-refractivity contribution in [3.8, 4) is 6.07 Å². The Morgan fingerprint density at radius 3 is 3.00 bits per heavy atom. The third-order valence-electron chi connectivity index (χ3n) is 2.40. The van der Waals surface area contributed by atoms with Gasteiger partial charge in [0, 0.05) is 13.0 Å². The number of esters is 1. The number of hydrogen-bond donors (Lipinski definition) is 0. The first-order valence-corrected chi connectivity index (χ1v) is 5.00. The molecule has 0 aromatic rings. The number of likely N-dealkylation sites (tertiary alicyclic amines) is 1. The van der Waals surface area contributed by atoms with E-state index in [1.54, 1.807) is 6.92 Å². The van der Waals surface area contributed by atoms with E-state index in [4.69, 9.17) is 10.00 Å². The summed E-state index contributed by atoms with van der Waals surface area (Å²) < 4.78 is 4.85. The molecular formula is C10H14N2O3. The van der Waals surface area contributed by atoms with E-state index in [0.717, 1.165) is 0 Å². The highest BCUT2D eigenvalue weighted by Gasteiger charge is 2.30. The summed E-state index contributed by atoms with van der Waals surface area (Å²) in [6, 6.07) is 1.93. The molecule has 0 aliphatic carbocycles. The van der Waals surface area contributed by atoms with Gasteiger partial charge in [0.15, 0.2) is 0 Å². The number of rotatable bonds is 3. The second-order valence-electron chi connectivity index (χ2n) is 3.42. The lowest BCUT2D eigenvalue weighted by Gasteiger charge is -2.28. The average Bonchev–Trinajstić information content (AvgIpc) is 2.21. The van der Waals surface area contributed by atoms with Gasteiger partial charge in [0.2, 0.25) is 5.91 Å². The van der Waals surface area contributed by atoms with Crippen LogP contribution >= 0.6 is 0 Å². The van der Waals surface area contributed by atoms with Crippen molar-refractivity contribution < 1.29 is 14.3 Å². The number of piperidine rings is 1. The maximum absolute atomic E-state index is 11.5. The van der Waals surface area contributed by atoms with Gasteiger partial charge < -0.3 is 9.64 Å². The largest absolute Gasteiger partial charge is 0.466 e. The molecule has 0 unspecified atom stereocenters. The van der Waals surface area contributed by atoms with Gasteiger partial charge in [0.1, 0.15) is 6.54 Å². The van der Waals surface area contributed by atoms with Crippen LogP contribution in [0.4, 0.5) is 0 Å². The molecule has 1 aliphatic heterocycles. The van der Waals surface area contributed by atoms with E-state index >= 15 is 0 Å². The van der Waals surface area contributed by atoms with Gasteiger partial charge in [-0.05, 0) is 13.3 Å². The van der Waals surface area contributed by atoms with Crippen LogP contribution < -0.4 is 0 Å². The van der Waals surface area contributed by atoms with Gasteiger partial charge in [0.25, 0.3) is 0 Å². The monoisotopic (exact) mass is 210 g/mol. The molecule has 5 nitrogen and oxygen atoms in total. The molecular weight excluding hydrogens is 196 g/mol. The van der Waals surface area contributed by atoms with E-state index in [1.165, 1.54) is 4.90 Å². The van der Waals surface area contributed by atoms with Crippen LogP contribution in [0.2, 0.25) is 0 Å². The minimum Gasteiger partial charge on any atom is -0.466 e. The van der Waals surface area contributed by atoms with Gasteiger partial charge in [-0.1, -0.05) is 0 Å². The van der Waals surface area contributed by atoms with Crippen molar-refractivity contribution in [3.63, 3.8) is 0 Å². The van der Waals surface area contributed by atoms with E-state index < -0.39 is 0 Å². The van der Waals surface area contributed by atoms with Crippen molar-refractivity contribution in [2.75, 3.05) is 19.7 Å². The summed E-state index contributed by atoms with van der Waals surface area (Å²) in [5, 5.41) is 8.46. The lowest BCUT2D eigenvalue weighted by molar-refractivity contribution is -0.153. The van der Waals surface area contributed by atoms with Crippen LogP contribution in [0.25, 0.3) is 0 Å². The summed E-state index contributed by atoms with van der Waals surface area (Å²) in [5.41, 5.74) is 0. The Labute approximate surface area is 88.6 Å². The molecule has 0 radical (unpaired) electrons. The van der Waals surface area contributed by atoms with Crippen molar-refractivity contribution >= 4 is 11.9 Å². The fourth-order valence-corrected chi connectivity index (χ4v) is 1.59. The summed E-state index contributed by atoms with van der Waals surface area (Å²) >= 11 is 0. The molecule has 0 bridgehead atoms. The quantitative estimate of drug-likeness (QED) is 0.496. The molecule has 15 heavy (non-hydrogen) atoms. The molecule has 1 heterocycles. The Balaban J connectivity index is 2.47. The highest BCUT2D eigenvalue weighted by atomic mass is 16.5. The van der Waals surface area contributed by atoms with Crippen LogP contribution in [0, 0.1) is 17.2 Å². The molecule has 1 atom stereocenters. The van der Waals surface area contributed by atoms with E-state index in [0.29, 0.717) is 19.6 Å². The van der Waals surface area contributed by atoms with Gasteiger partial charge in [0.05, 0.1) is 18.6 Å². The smallest absolute Gasteiger partial charge is 0.309 e. The molecule has 1 fully saturated rings. The minimum absolute atomic E-state index is 0.106. The summed E-state index contributed by atoms with van der Waals surface area (Å²) in [6.45, 7) is 2.65. The third kappa shape index (κ3) is 2.94. The number of amides is 1. The fourth-order valence-electron chi connectivity index (χ4n) is 1.59. The molecule has 1 rings (SSSR count). The summed E-state index contributed by atoms with van der Waals surface area (Å²) in [4.78, 5) is 24.3. The lowest BCUT2D eigenvalue weighted by Crippen LogP contribution is -2.41. The van der Waals surface area contributed by atoms with Crippen LogP contribution in [0.5, 0.6) is 0 Å². The van der Waals surface area contributed by atoms with Crippen molar-refractivity contribution in [1.29, 1.82) is 5.26 Å². The predicted molar refractivity (Wildman–Crippen MR) is 51.6 cm³/mol. The Morgan fingerprint density at radius 2 is 2.47 bits per heavy atom. The van der Waals surface area contributed by atoms with E-state index in [-0.39, 0.29) is 30.8 Å². The first-order chi connectivity index (χ1) is 7.19. The summed E-state index contributed by atoms with van der Waals surface area (Å²) in [6.07, 6.45) is 0.757. The molecule has 0 saturated carbocycles. The van der Waals surface area contributed by atoms with Crippen LogP contribution in [0.3, 0.4) is 0 Å². The summed E-state index contributed by atoms with van der Waals surface area (Å²) in [5.74, 6) is -0.768. The first kappa shape index (κ1) is 11.5. The Hall–Kier alpha value is -1.57. The predicted octanol–water partition coefficient (Wildman–Crippen LogP) is 0.312. The fraction of sp³-hybridized carbons (Fsp3) is 0.700. The number of nitrogens with zero attached hydrogens (tertiary/aromatic N) is 2. The van der Waals surface area contributed by atoms with Gasteiger partial charge >= 0.3 is 5.97 Å². The Kier molecular flexibility index (Phi) is 4.10. The van der Waals surface area contributed by atoms with Crippen molar-refractivity contribution in [3.05, 3.63) is 0 Å². The first-order valence-electron chi connectivity index (χ1n) is 5.00. The zero-order valence-corrected chi connectivity index (χ0v) is 8.73. The lowest BCUT2D eigenvalue weighted by atomic mass is 9.96. The third-order valence-corrected chi connectivity index (χ3v) is 2.40. The Bertz CT molecular complexity index is 296. The van der Waals surface area contributed by atoms with Gasteiger partial charge in [-0.3, -0.25) is 9.59 Å². The van der Waals surface area contributed by atoms with Crippen LogP contribution in [-0.4, -0.2) is 36.5 Å². The zero-order chi connectivity index (χ0) is 11.3. The molecule has 0 aromatic carbocycles. The number of ether oxygens (including phenoxy) is 1. The SMILES string of the molecule is CCOC(=O)[C@@H]1CCN(CC#N)C(=O)C1. The normalized spacial score (nSPS) is 20.9. The molecule has 5 heteroatoms. The molecule has 82 valence electrons. The second-order valence-corrected chi connectivity index (χ2v) is 3.42. The van der Waals surface area contributed by atoms with Gasteiger partial charge in [-0.15, -0.1) is 0 Å². The number of hydrogen-bond acceptors (Lipinski definition) is 4. The summed E-state index contributed by atoms with van der Waals surface area (Å²) in [7, 11) is 0. The Morgan fingerprint density at radius 1 is 1.73 bits per heavy atom. The van der Waals surface area contributed by atoms with Gasteiger partial charge in [-0.25, -0.2) is 0 Å². The van der Waals surface area contributed by atoms with E-state index in [1.807, 2.05) is 6.07 Å². The number of nitriles is 1. The van der Waals surface area contributed by atoms with Crippen LogP contribution in [0.1, 0.15) is 19.8 Å². The topological polar surface area (TPSA) is 70.4 Å². The van der Waals surface area contributed by atoms with Crippen molar-refractivity contribution in [2.24, 2.45) is 5.92 Å². The molecule has 1 aliphatic rings. The molecule has 0 spiro atoms. The number of carbonyl (C=O) groups is 2. The van der Waals surface area contributed by atoms with Crippen LogP contribution in [0.15, 0.2) is 0 Å². The maximum Gasteiger partial charge on any atom is 0.309 e. The highest BCUT2D eigenvalue weighted by molar-refractivity contribution is 5.84. The molecule has 1 saturated heterocycles. The zero-order valence-electron chi connectivity index (χ0n) is 8.73. The molecule has 0 N–H and O–H groups in total. The maximum atomic E-state index is 11.5. The van der Waals surface area contributed by atoms with Crippen molar-refractivity contribution in [1.82, 2.24) is 4.90 Å². The van der Waals surface area contributed by atoms with Crippen LogP contribution in [-0.2, 0) is 14.3 Å². The highest BCUT2D eigenvalue weighted by Crippen LogP contribution is 2.19. The van der Waals surface area contributed by atoms with E-state index in [9.17, 15) is 9.59 Å². The minimum atomic E-state index is -0.326. The average molecular weight is 210 g/mol. The van der Waals surface area contributed by atoms with Crippen molar-refractivity contribution in [2.45, 2.75) is 19.8 Å². The van der Waals surface area contributed by atoms with E-state index in [2.05, 4.69) is 0 Å². The molecule has 1 amide bonds. The number of carbonyl (C=O) groups excluding carboxylic acids is 2.